The van der Waals surface area contributed by atoms with Crippen LogP contribution in [-0.4, -0.2) is 63.9 Å². The van der Waals surface area contributed by atoms with E-state index in [4.69, 9.17) is 10.2 Å². The van der Waals surface area contributed by atoms with Gasteiger partial charge in [0.25, 0.3) is 5.91 Å². The largest absolute Gasteiger partial charge is 0.480 e. The summed E-state index contributed by atoms with van der Waals surface area (Å²) in [5.74, 6) is -2.50. The highest BCUT2D eigenvalue weighted by Crippen LogP contribution is 2.48. The summed E-state index contributed by atoms with van der Waals surface area (Å²) >= 11 is 0. The Labute approximate surface area is 137 Å². The Hall–Kier alpha value is -2.46. The van der Waals surface area contributed by atoms with Crippen LogP contribution in [0.1, 0.15) is 12.0 Å². The number of sulfonamides is 1. The van der Waals surface area contributed by atoms with Crippen molar-refractivity contribution in [3.8, 4) is 0 Å². The van der Waals surface area contributed by atoms with E-state index in [0.717, 1.165) is 9.87 Å². The van der Waals surface area contributed by atoms with E-state index < -0.39 is 46.0 Å². The summed E-state index contributed by atoms with van der Waals surface area (Å²) in [5, 5.41) is 18.2. The number of hydrogen-bond acceptors (Lipinski definition) is 5. The number of benzene rings is 1. The van der Waals surface area contributed by atoms with Gasteiger partial charge in [0.05, 0.1) is 4.90 Å². The third-order valence-corrected chi connectivity index (χ3v) is 6.27. The lowest BCUT2D eigenvalue weighted by Crippen LogP contribution is -2.43. The first kappa shape index (κ1) is 16.4. The minimum atomic E-state index is -4.01. The van der Waals surface area contributed by atoms with Crippen LogP contribution in [0.5, 0.6) is 0 Å². The molecule has 9 nitrogen and oxygen atoms in total. The molecule has 3 rings (SSSR count). The minimum Gasteiger partial charge on any atom is -0.480 e. The van der Waals surface area contributed by atoms with Gasteiger partial charge in [-0.2, -0.15) is 4.31 Å². The molecule has 1 aromatic carbocycles. The van der Waals surface area contributed by atoms with Crippen LogP contribution in [0.2, 0.25) is 0 Å². The second-order valence-corrected chi connectivity index (χ2v) is 7.73. The predicted octanol–water partition coefficient (Wildman–Crippen LogP) is 0.102. The number of carbonyl (C=O) groups excluding carboxylic acids is 1. The second kappa shape index (κ2) is 5.02. The Balaban J connectivity index is 1.95. The van der Waals surface area contributed by atoms with E-state index in [9.17, 15) is 22.8 Å². The molecule has 24 heavy (non-hydrogen) atoms. The van der Waals surface area contributed by atoms with Crippen LogP contribution < -0.4 is 0 Å². The Morgan fingerprint density at radius 3 is 2.25 bits per heavy atom. The van der Waals surface area contributed by atoms with Crippen LogP contribution in [0, 0.1) is 6.92 Å². The van der Waals surface area contributed by atoms with E-state index >= 15 is 0 Å². The number of aryl methyl sites for hydroxylation is 1. The molecule has 2 aliphatic heterocycles. The maximum absolute atomic E-state index is 12.6. The SMILES string of the molecule is Cc1ccc(S(=O)(=O)N2C[C@]23C[C@H](C(=O)O)N(C(=O)O)C3=O)cc1. The summed E-state index contributed by atoms with van der Waals surface area (Å²) in [7, 11) is -4.01. The van der Waals surface area contributed by atoms with Gasteiger partial charge in [0, 0.05) is 13.0 Å². The molecule has 2 fully saturated rings. The standard InChI is InChI=1S/C14H14N2O7S/c1-8-2-4-9(5-3-8)24(22,23)15-7-14(15)6-10(11(17)18)16(12(14)19)13(20)21/h2-5,10H,6-7H2,1H3,(H,17,18)(H,20,21)/t10-,14+,15?/m1/s1. The first-order valence-corrected chi connectivity index (χ1v) is 8.44. The first-order chi connectivity index (χ1) is 11.1. The van der Waals surface area contributed by atoms with Crippen LogP contribution in [-0.2, 0) is 19.6 Å². The van der Waals surface area contributed by atoms with E-state index in [1.54, 1.807) is 19.1 Å². The minimum absolute atomic E-state index is 0.0292. The van der Waals surface area contributed by atoms with Gasteiger partial charge in [-0.1, -0.05) is 17.7 Å². The van der Waals surface area contributed by atoms with Crippen molar-refractivity contribution in [3.05, 3.63) is 29.8 Å². The Morgan fingerprint density at radius 1 is 1.21 bits per heavy atom. The maximum Gasteiger partial charge on any atom is 0.414 e. The molecule has 2 heterocycles. The van der Waals surface area contributed by atoms with Gasteiger partial charge in [-0.15, -0.1) is 0 Å². The number of likely N-dealkylation sites (tertiary alicyclic amines) is 1. The van der Waals surface area contributed by atoms with Crippen molar-refractivity contribution < 1.29 is 33.0 Å². The molecule has 10 heteroatoms. The Bertz CT molecular complexity index is 848. The van der Waals surface area contributed by atoms with E-state index in [2.05, 4.69) is 0 Å². The Morgan fingerprint density at radius 2 is 1.79 bits per heavy atom. The lowest BCUT2D eigenvalue weighted by molar-refractivity contribution is -0.145. The van der Waals surface area contributed by atoms with Gasteiger partial charge in [-0.3, -0.25) is 4.79 Å². The molecule has 0 aliphatic carbocycles. The third kappa shape index (κ3) is 2.18. The normalized spacial score (nSPS) is 29.0. The summed E-state index contributed by atoms with van der Waals surface area (Å²) in [6.07, 6.45) is -2.10. The molecule has 2 N–H and O–H groups in total. The van der Waals surface area contributed by atoms with E-state index in [0.29, 0.717) is 0 Å². The van der Waals surface area contributed by atoms with Crippen LogP contribution in [0.25, 0.3) is 0 Å². The van der Waals surface area contributed by atoms with Gasteiger partial charge in [0.2, 0.25) is 10.0 Å². The van der Waals surface area contributed by atoms with Gasteiger partial charge in [-0.25, -0.2) is 22.9 Å². The molecular weight excluding hydrogens is 340 g/mol. The molecule has 2 amide bonds. The number of amides is 2. The lowest BCUT2D eigenvalue weighted by Gasteiger charge is -2.14. The van der Waals surface area contributed by atoms with Crippen molar-refractivity contribution in [2.45, 2.75) is 29.8 Å². The molecule has 1 unspecified atom stereocenters. The number of carboxylic acid groups (broad SMARTS) is 2. The molecule has 2 saturated heterocycles. The van der Waals surface area contributed by atoms with Gasteiger partial charge in [0.1, 0.15) is 11.6 Å². The van der Waals surface area contributed by atoms with Crippen molar-refractivity contribution in [1.82, 2.24) is 9.21 Å². The molecule has 1 spiro atoms. The summed E-state index contributed by atoms with van der Waals surface area (Å²) < 4.78 is 26.1. The molecule has 128 valence electrons. The number of hydrogen-bond donors (Lipinski definition) is 2. The van der Waals surface area contributed by atoms with Crippen molar-refractivity contribution in [1.29, 1.82) is 0 Å². The molecular formula is C14H14N2O7S. The maximum atomic E-state index is 12.6. The fourth-order valence-electron chi connectivity index (χ4n) is 2.98. The molecule has 0 aromatic heterocycles. The zero-order valence-electron chi connectivity index (χ0n) is 12.5. The highest BCUT2D eigenvalue weighted by Gasteiger charge is 2.72. The summed E-state index contributed by atoms with van der Waals surface area (Å²) in [4.78, 5) is 34.9. The van der Waals surface area contributed by atoms with Crippen molar-refractivity contribution in [2.75, 3.05) is 6.54 Å². The van der Waals surface area contributed by atoms with E-state index in [1.807, 2.05) is 0 Å². The van der Waals surface area contributed by atoms with Gasteiger partial charge in [0.15, 0.2) is 0 Å². The smallest absolute Gasteiger partial charge is 0.414 e. The fourth-order valence-corrected chi connectivity index (χ4v) is 4.71. The van der Waals surface area contributed by atoms with Crippen LogP contribution in [0.3, 0.4) is 0 Å². The molecule has 0 bridgehead atoms. The zero-order valence-corrected chi connectivity index (χ0v) is 13.4. The van der Waals surface area contributed by atoms with Gasteiger partial charge >= 0.3 is 12.1 Å². The van der Waals surface area contributed by atoms with Crippen LogP contribution in [0.4, 0.5) is 4.79 Å². The number of rotatable bonds is 3. The highest BCUT2D eigenvalue weighted by molar-refractivity contribution is 7.89. The Kier molecular flexibility index (Phi) is 3.43. The highest BCUT2D eigenvalue weighted by atomic mass is 32.2. The van der Waals surface area contributed by atoms with Crippen molar-refractivity contribution in [2.24, 2.45) is 0 Å². The quantitative estimate of drug-likeness (QED) is 0.736. The van der Waals surface area contributed by atoms with E-state index in [1.165, 1.54) is 12.1 Å². The molecule has 3 atom stereocenters. The molecule has 2 aliphatic rings. The third-order valence-electron chi connectivity index (χ3n) is 4.34. The number of aliphatic carboxylic acids is 1. The van der Waals surface area contributed by atoms with E-state index in [-0.39, 0.29) is 16.3 Å². The van der Waals surface area contributed by atoms with Gasteiger partial charge < -0.3 is 10.2 Å². The first-order valence-electron chi connectivity index (χ1n) is 7.00. The second-order valence-electron chi connectivity index (χ2n) is 5.87. The van der Waals surface area contributed by atoms with Gasteiger partial charge in [-0.05, 0) is 19.1 Å². The molecule has 1 aromatic rings. The molecule has 0 saturated carbocycles. The van der Waals surface area contributed by atoms with Crippen LogP contribution >= 0.6 is 0 Å². The lowest BCUT2D eigenvalue weighted by atomic mass is 10.1. The summed E-state index contributed by atoms with van der Waals surface area (Å²) in [5.41, 5.74) is -0.764. The number of imide groups is 1. The summed E-state index contributed by atoms with van der Waals surface area (Å²) in [6, 6.07) is 4.39. The number of carboxylic acids is 1. The average Bonchev–Trinajstić information content (AvgIpc) is 3.15. The number of nitrogens with zero attached hydrogens (tertiary/aromatic N) is 2. The average molecular weight is 354 g/mol. The fraction of sp³-hybridized carbons (Fsp3) is 0.357. The predicted molar refractivity (Wildman–Crippen MR) is 78.7 cm³/mol. The topological polar surface area (TPSA) is 132 Å². The van der Waals surface area contributed by atoms with Crippen molar-refractivity contribution in [3.63, 3.8) is 0 Å². The monoisotopic (exact) mass is 354 g/mol. The molecule has 0 radical (unpaired) electrons. The van der Waals surface area contributed by atoms with Crippen molar-refractivity contribution >= 4 is 28.0 Å². The zero-order chi connectivity index (χ0) is 17.9. The van der Waals surface area contributed by atoms with Crippen LogP contribution in [0.15, 0.2) is 29.2 Å². The summed E-state index contributed by atoms with van der Waals surface area (Å²) in [6.45, 7) is 1.56. The number of carbonyl (C=O) groups is 3.